The highest BCUT2D eigenvalue weighted by Crippen LogP contribution is 2.33. The Morgan fingerprint density at radius 2 is 1.95 bits per heavy atom. The molecular formula is C26H27N3O6S2. The molecule has 11 heteroatoms. The van der Waals surface area contributed by atoms with Crippen molar-refractivity contribution < 1.29 is 24.2 Å². The first kappa shape index (κ1) is 28.1. The molecular weight excluding hydrogens is 514 g/mol. The highest BCUT2D eigenvalue weighted by molar-refractivity contribution is 8.26. The number of rotatable bonds is 11. The first-order valence-electron chi connectivity index (χ1n) is 11.6. The van der Waals surface area contributed by atoms with Crippen LogP contribution in [-0.2, 0) is 16.1 Å². The largest absolute Gasteiger partial charge is 0.497 e. The van der Waals surface area contributed by atoms with Crippen molar-refractivity contribution in [2.24, 2.45) is 0 Å². The van der Waals surface area contributed by atoms with Gasteiger partial charge in [-0.3, -0.25) is 23.9 Å². The first-order valence-corrected chi connectivity index (χ1v) is 12.8. The molecule has 2 heterocycles. The van der Waals surface area contributed by atoms with Gasteiger partial charge in [0.15, 0.2) is 5.78 Å². The standard InChI is InChI=1S/C26H27N3O6S2/c1-4-35-13-5-11-28-23(31)19(15-27)16(2)22(25(28)33)20(30)10-12-29-24(32)21(37-26(29)36)14-17-6-8-18(34-3)9-7-17/h6-9,14,33H,4-5,10-13H2,1-3H3/b21-14-. The summed E-state index contributed by atoms with van der Waals surface area (Å²) in [5.74, 6) is -0.619. The molecule has 0 aliphatic carbocycles. The Balaban J connectivity index is 1.78. The van der Waals surface area contributed by atoms with E-state index in [2.05, 4.69) is 0 Å². The monoisotopic (exact) mass is 541 g/mol. The van der Waals surface area contributed by atoms with Gasteiger partial charge in [-0.15, -0.1) is 0 Å². The molecule has 1 amide bonds. The highest BCUT2D eigenvalue weighted by Gasteiger charge is 2.33. The third kappa shape index (κ3) is 6.28. The predicted molar refractivity (Wildman–Crippen MR) is 145 cm³/mol. The number of ketones is 1. The van der Waals surface area contributed by atoms with Crippen LogP contribution in [0.25, 0.3) is 6.08 Å². The minimum atomic E-state index is -0.661. The van der Waals surface area contributed by atoms with Gasteiger partial charge in [0.1, 0.15) is 21.7 Å². The average molecular weight is 542 g/mol. The second kappa shape index (κ2) is 12.7. The fraction of sp³-hybridized carbons (Fsp3) is 0.346. The van der Waals surface area contributed by atoms with Crippen LogP contribution >= 0.6 is 24.0 Å². The number of thioether (sulfide) groups is 1. The molecule has 0 spiro atoms. The van der Waals surface area contributed by atoms with Crippen LogP contribution in [0.1, 0.15) is 46.8 Å². The Morgan fingerprint density at radius 1 is 1.24 bits per heavy atom. The number of carbonyl (C=O) groups is 2. The van der Waals surface area contributed by atoms with E-state index in [0.29, 0.717) is 34.6 Å². The lowest BCUT2D eigenvalue weighted by atomic mass is 9.99. The molecule has 0 radical (unpaired) electrons. The first-order chi connectivity index (χ1) is 17.7. The molecule has 37 heavy (non-hydrogen) atoms. The second-order valence-corrected chi connectivity index (χ2v) is 9.77. The summed E-state index contributed by atoms with van der Waals surface area (Å²) in [5.41, 5.74) is -0.0575. The van der Waals surface area contributed by atoms with Crippen molar-refractivity contribution in [3.63, 3.8) is 0 Å². The zero-order valence-corrected chi connectivity index (χ0v) is 22.4. The summed E-state index contributed by atoms with van der Waals surface area (Å²) in [6.07, 6.45) is 1.98. The molecule has 0 bridgehead atoms. The molecule has 1 aliphatic heterocycles. The molecule has 194 valence electrons. The molecule has 9 nitrogen and oxygen atoms in total. The van der Waals surface area contributed by atoms with E-state index in [1.165, 1.54) is 11.8 Å². The van der Waals surface area contributed by atoms with Crippen LogP contribution in [0.3, 0.4) is 0 Å². The van der Waals surface area contributed by atoms with E-state index in [1.54, 1.807) is 25.3 Å². The van der Waals surface area contributed by atoms with E-state index >= 15 is 0 Å². The molecule has 1 fully saturated rings. The summed E-state index contributed by atoms with van der Waals surface area (Å²) in [4.78, 5) is 40.6. The van der Waals surface area contributed by atoms with Crippen molar-refractivity contribution in [3.05, 3.63) is 61.8 Å². The number of hydrogen-bond donors (Lipinski definition) is 1. The molecule has 1 saturated heterocycles. The van der Waals surface area contributed by atoms with Crippen LogP contribution in [0.5, 0.6) is 11.6 Å². The highest BCUT2D eigenvalue weighted by atomic mass is 32.2. The maximum absolute atomic E-state index is 13.2. The Kier molecular flexibility index (Phi) is 9.63. The molecule has 1 aromatic carbocycles. The van der Waals surface area contributed by atoms with E-state index in [-0.39, 0.29) is 42.1 Å². The van der Waals surface area contributed by atoms with Crippen LogP contribution in [-0.4, -0.2) is 57.5 Å². The zero-order chi connectivity index (χ0) is 27.1. The smallest absolute Gasteiger partial charge is 0.271 e. The number of thiocarbonyl (C=S) groups is 1. The maximum Gasteiger partial charge on any atom is 0.271 e. The van der Waals surface area contributed by atoms with Crippen LogP contribution in [0.2, 0.25) is 0 Å². The molecule has 0 atom stereocenters. The van der Waals surface area contributed by atoms with Crippen molar-refractivity contribution in [3.8, 4) is 17.7 Å². The minimum absolute atomic E-state index is 0.00626. The molecule has 1 aliphatic rings. The van der Waals surface area contributed by atoms with E-state index in [9.17, 15) is 24.8 Å². The van der Waals surface area contributed by atoms with Crippen LogP contribution < -0.4 is 10.3 Å². The Labute approximate surface area is 224 Å². The number of aromatic hydroxyl groups is 1. The summed E-state index contributed by atoms with van der Waals surface area (Å²) >= 11 is 6.50. The predicted octanol–water partition coefficient (Wildman–Crippen LogP) is 3.64. The van der Waals surface area contributed by atoms with Gasteiger partial charge < -0.3 is 14.6 Å². The fourth-order valence-corrected chi connectivity index (χ4v) is 5.15. The maximum atomic E-state index is 13.2. The number of benzene rings is 1. The quantitative estimate of drug-likeness (QED) is 0.197. The lowest BCUT2D eigenvalue weighted by Crippen LogP contribution is -2.31. The third-order valence-electron chi connectivity index (χ3n) is 5.80. The van der Waals surface area contributed by atoms with Crippen molar-refractivity contribution in [1.82, 2.24) is 9.47 Å². The topological polar surface area (TPSA) is 122 Å². The van der Waals surface area contributed by atoms with Crippen molar-refractivity contribution in [2.45, 2.75) is 33.2 Å². The summed E-state index contributed by atoms with van der Waals surface area (Å²) in [6.45, 7) is 4.24. The molecule has 3 rings (SSSR count). The summed E-state index contributed by atoms with van der Waals surface area (Å²) < 4.78 is 11.8. The van der Waals surface area contributed by atoms with E-state index in [4.69, 9.17) is 21.7 Å². The third-order valence-corrected chi connectivity index (χ3v) is 7.18. The minimum Gasteiger partial charge on any atom is -0.497 e. The van der Waals surface area contributed by atoms with Gasteiger partial charge in [0.05, 0.1) is 17.6 Å². The molecule has 1 aromatic heterocycles. The van der Waals surface area contributed by atoms with E-state index in [0.717, 1.165) is 21.9 Å². The van der Waals surface area contributed by atoms with Crippen molar-refractivity contribution >= 4 is 46.1 Å². The van der Waals surface area contributed by atoms with Gasteiger partial charge in [0, 0.05) is 32.7 Å². The van der Waals surface area contributed by atoms with Gasteiger partial charge in [0.2, 0.25) is 5.88 Å². The Morgan fingerprint density at radius 3 is 2.57 bits per heavy atom. The number of hydrogen-bond acceptors (Lipinski definition) is 9. The molecule has 2 aromatic rings. The van der Waals surface area contributed by atoms with Crippen LogP contribution in [0, 0.1) is 18.3 Å². The second-order valence-electron chi connectivity index (χ2n) is 8.10. The number of Topliss-reactive ketones (excluding diaryl/α,β-unsaturated/α-hetero) is 1. The molecule has 0 saturated carbocycles. The van der Waals surface area contributed by atoms with Crippen LogP contribution in [0.4, 0.5) is 0 Å². The Hall–Kier alpha value is -3.46. The van der Waals surface area contributed by atoms with Gasteiger partial charge in [-0.05, 0) is 49.6 Å². The van der Waals surface area contributed by atoms with Crippen molar-refractivity contribution in [2.75, 3.05) is 26.9 Å². The normalized spacial score (nSPS) is 14.3. The fourth-order valence-electron chi connectivity index (χ4n) is 3.84. The van der Waals surface area contributed by atoms with Gasteiger partial charge >= 0.3 is 0 Å². The van der Waals surface area contributed by atoms with Gasteiger partial charge in [0.25, 0.3) is 11.5 Å². The number of nitrogens with zero attached hydrogens (tertiary/aromatic N) is 3. The zero-order valence-electron chi connectivity index (χ0n) is 20.8. The number of aromatic nitrogens is 1. The lowest BCUT2D eigenvalue weighted by molar-refractivity contribution is -0.122. The molecule has 0 unspecified atom stereocenters. The summed E-state index contributed by atoms with van der Waals surface area (Å²) in [6, 6.07) is 9.04. The number of carbonyl (C=O) groups excluding carboxylic acids is 2. The number of pyridine rings is 1. The van der Waals surface area contributed by atoms with E-state index in [1.807, 2.05) is 25.1 Å². The van der Waals surface area contributed by atoms with Crippen LogP contribution in [0.15, 0.2) is 34.0 Å². The lowest BCUT2D eigenvalue weighted by Gasteiger charge is -2.17. The number of methoxy groups -OCH3 is 1. The summed E-state index contributed by atoms with van der Waals surface area (Å²) in [5, 5.41) is 20.3. The summed E-state index contributed by atoms with van der Waals surface area (Å²) in [7, 11) is 1.57. The Bertz CT molecular complexity index is 1340. The van der Waals surface area contributed by atoms with Gasteiger partial charge in [-0.2, -0.15) is 5.26 Å². The average Bonchev–Trinajstić information content (AvgIpc) is 3.14. The van der Waals surface area contributed by atoms with E-state index < -0.39 is 17.2 Å². The number of amides is 1. The SMILES string of the molecule is CCOCCCn1c(O)c(C(=O)CCN2C(=O)/C(=C/c3ccc(OC)cc3)SC2=S)c(C)c(C#N)c1=O. The number of ether oxygens (including phenoxy) is 2. The van der Waals surface area contributed by atoms with Gasteiger partial charge in [-0.1, -0.05) is 36.1 Å². The van der Waals surface area contributed by atoms with Crippen molar-refractivity contribution in [1.29, 1.82) is 5.26 Å². The number of nitriles is 1. The molecule has 1 N–H and O–H groups in total. The van der Waals surface area contributed by atoms with Gasteiger partial charge in [-0.25, -0.2) is 0 Å².